The van der Waals surface area contributed by atoms with Crippen molar-refractivity contribution in [2.45, 2.75) is 19.4 Å². The fourth-order valence-electron chi connectivity index (χ4n) is 4.06. The van der Waals surface area contributed by atoms with Gasteiger partial charge < -0.3 is 14.4 Å². The highest BCUT2D eigenvalue weighted by Gasteiger charge is 2.33. The zero-order valence-corrected chi connectivity index (χ0v) is 17.5. The minimum atomic E-state index is -0.0871. The molecule has 0 bridgehead atoms. The molecule has 1 heterocycles. The highest BCUT2D eigenvalue weighted by atomic mass is 16.5. The van der Waals surface area contributed by atoms with Crippen molar-refractivity contribution in [2.75, 3.05) is 25.7 Å². The van der Waals surface area contributed by atoms with E-state index in [2.05, 4.69) is 6.92 Å². The van der Waals surface area contributed by atoms with E-state index in [-0.39, 0.29) is 12.1 Å². The van der Waals surface area contributed by atoms with Crippen LogP contribution in [0.15, 0.2) is 72.8 Å². The zero-order valence-electron chi connectivity index (χ0n) is 17.5. The molecule has 4 rings (SSSR count). The van der Waals surface area contributed by atoms with Gasteiger partial charge in [-0.2, -0.15) is 0 Å². The van der Waals surface area contributed by atoms with Gasteiger partial charge in [-0.1, -0.05) is 36.4 Å². The standard InChI is InChI=1S/C25H26N2O3/c1-18-22-17-24(30-3)23(29-2)16-19(22)14-15-26(18)25(28)27(20-10-6-4-7-11-20)21-12-8-5-9-13-21/h4-13,16-18H,14-15H2,1-3H3/t18-/m1/s1. The smallest absolute Gasteiger partial charge is 0.329 e. The van der Waals surface area contributed by atoms with E-state index in [9.17, 15) is 4.79 Å². The predicted molar refractivity (Wildman–Crippen MR) is 119 cm³/mol. The second kappa shape index (κ2) is 8.49. The number of benzene rings is 3. The summed E-state index contributed by atoms with van der Waals surface area (Å²) in [6, 6.07) is 23.4. The van der Waals surface area contributed by atoms with Crippen LogP contribution in [0.2, 0.25) is 0 Å². The Morgan fingerprint density at radius 3 is 1.97 bits per heavy atom. The van der Waals surface area contributed by atoms with E-state index in [1.165, 1.54) is 5.56 Å². The van der Waals surface area contributed by atoms with Gasteiger partial charge in [0.1, 0.15) is 0 Å². The van der Waals surface area contributed by atoms with Crippen LogP contribution >= 0.6 is 0 Å². The molecule has 0 N–H and O–H groups in total. The summed E-state index contributed by atoms with van der Waals surface area (Å²) in [5, 5.41) is 0. The van der Waals surface area contributed by atoms with Crippen molar-refractivity contribution < 1.29 is 14.3 Å². The van der Waals surface area contributed by atoms with E-state index in [4.69, 9.17) is 9.47 Å². The number of hydrogen-bond donors (Lipinski definition) is 0. The van der Waals surface area contributed by atoms with Crippen LogP contribution in [-0.2, 0) is 6.42 Å². The molecule has 0 aliphatic carbocycles. The van der Waals surface area contributed by atoms with Gasteiger partial charge in [-0.3, -0.25) is 4.90 Å². The highest BCUT2D eigenvalue weighted by molar-refractivity contribution is 5.99. The van der Waals surface area contributed by atoms with Crippen LogP contribution in [0.1, 0.15) is 24.1 Å². The molecule has 0 spiro atoms. The Morgan fingerprint density at radius 2 is 1.43 bits per heavy atom. The third-order valence-electron chi connectivity index (χ3n) is 5.65. The first kappa shape index (κ1) is 19.8. The van der Waals surface area contributed by atoms with Gasteiger partial charge in [0.25, 0.3) is 0 Å². The van der Waals surface area contributed by atoms with Crippen LogP contribution in [-0.4, -0.2) is 31.7 Å². The molecule has 5 nitrogen and oxygen atoms in total. The largest absolute Gasteiger partial charge is 0.493 e. The third kappa shape index (κ3) is 3.59. The predicted octanol–water partition coefficient (Wildman–Crippen LogP) is 5.58. The first-order chi connectivity index (χ1) is 14.6. The number of amides is 2. The summed E-state index contributed by atoms with van der Waals surface area (Å²) >= 11 is 0. The lowest BCUT2D eigenvalue weighted by atomic mass is 9.93. The fourth-order valence-corrected chi connectivity index (χ4v) is 4.06. The number of anilines is 2. The molecule has 0 radical (unpaired) electrons. The van der Waals surface area contributed by atoms with Gasteiger partial charge in [0.2, 0.25) is 0 Å². The summed E-state index contributed by atoms with van der Waals surface area (Å²) in [6.07, 6.45) is 0.767. The monoisotopic (exact) mass is 402 g/mol. The Kier molecular flexibility index (Phi) is 5.61. The molecule has 30 heavy (non-hydrogen) atoms. The molecule has 154 valence electrons. The Balaban J connectivity index is 1.71. The summed E-state index contributed by atoms with van der Waals surface area (Å²) in [6.45, 7) is 2.70. The molecule has 3 aromatic rings. The van der Waals surface area contributed by atoms with Gasteiger partial charge in [0, 0.05) is 6.54 Å². The summed E-state index contributed by atoms with van der Waals surface area (Å²) in [5.41, 5.74) is 3.97. The molecular weight excluding hydrogens is 376 g/mol. The Labute approximate surface area is 177 Å². The van der Waals surface area contributed by atoms with Crippen molar-refractivity contribution in [1.82, 2.24) is 4.90 Å². The van der Waals surface area contributed by atoms with Gasteiger partial charge in [0.15, 0.2) is 11.5 Å². The Bertz CT molecular complexity index is 982. The highest BCUT2D eigenvalue weighted by Crippen LogP contribution is 2.39. The maximum Gasteiger partial charge on any atom is 0.329 e. The molecule has 0 unspecified atom stereocenters. The van der Waals surface area contributed by atoms with E-state index in [1.807, 2.05) is 77.7 Å². The Hall–Kier alpha value is -3.47. The molecule has 1 aliphatic rings. The SMILES string of the molecule is COc1cc2c(cc1OC)[C@@H](C)N(C(=O)N(c1ccccc1)c1ccccc1)CC2. The number of carbonyl (C=O) groups excluding carboxylic acids is 1. The van der Waals surface area contributed by atoms with Crippen LogP contribution < -0.4 is 14.4 Å². The Morgan fingerprint density at radius 1 is 0.900 bits per heavy atom. The molecule has 3 aromatic carbocycles. The van der Waals surface area contributed by atoms with Gasteiger partial charge in [0.05, 0.1) is 31.6 Å². The summed E-state index contributed by atoms with van der Waals surface area (Å²) in [4.78, 5) is 17.5. The zero-order chi connectivity index (χ0) is 21.1. The van der Waals surface area contributed by atoms with Gasteiger partial charge in [-0.15, -0.1) is 0 Å². The van der Waals surface area contributed by atoms with Crippen molar-refractivity contribution in [1.29, 1.82) is 0 Å². The molecule has 1 aliphatic heterocycles. The molecule has 1 atom stereocenters. The number of urea groups is 1. The van der Waals surface area contributed by atoms with Crippen molar-refractivity contribution >= 4 is 17.4 Å². The number of rotatable bonds is 4. The average Bonchev–Trinajstić information content (AvgIpc) is 2.80. The summed E-state index contributed by atoms with van der Waals surface area (Å²) in [5.74, 6) is 1.40. The van der Waals surface area contributed by atoms with Gasteiger partial charge >= 0.3 is 6.03 Å². The van der Waals surface area contributed by atoms with Crippen molar-refractivity contribution in [2.24, 2.45) is 0 Å². The third-order valence-corrected chi connectivity index (χ3v) is 5.65. The van der Waals surface area contributed by atoms with Gasteiger partial charge in [-0.05, 0) is 60.9 Å². The molecule has 2 amide bonds. The minimum absolute atomic E-state index is 0.0414. The lowest BCUT2D eigenvalue weighted by molar-refractivity contribution is 0.183. The topological polar surface area (TPSA) is 42.0 Å². The first-order valence-electron chi connectivity index (χ1n) is 10.1. The molecular formula is C25H26N2O3. The van der Waals surface area contributed by atoms with Gasteiger partial charge in [-0.25, -0.2) is 4.79 Å². The van der Waals surface area contributed by atoms with Crippen LogP contribution in [0, 0.1) is 0 Å². The molecule has 0 saturated heterocycles. The summed E-state index contributed by atoms with van der Waals surface area (Å²) < 4.78 is 10.9. The molecule has 0 saturated carbocycles. The number of carbonyl (C=O) groups is 1. The quantitative estimate of drug-likeness (QED) is 0.572. The molecule has 0 fully saturated rings. The number of fused-ring (bicyclic) bond motifs is 1. The second-order valence-corrected chi connectivity index (χ2v) is 7.31. The maximum absolute atomic E-state index is 13.8. The normalized spacial score (nSPS) is 15.3. The van der Waals surface area contributed by atoms with E-state index >= 15 is 0 Å². The van der Waals surface area contributed by atoms with E-state index in [0.29, 0.717) is 12.3 Å². The number of methoxy groups -OCH3 is 2. The number of hydrogen-bond acceptors (Lipinski definition) is 3. The molecule has 5 heteroatoms. The average molecular weight is 402 g/mol. The van der Waals surface area contributed by atoms with Crippen molar-refractivity contribution in [3.63, 3.8) is 0 Å². The van der Waals surface area contributed by atoms with Crippen LogP contribution in [0.5, 0.6) is 11.5 Å². The van der Waals surface area contributed by atoms with Crippen LogP contribution in [0.4, 0.5) is 16.2 Å². The summed E-state index contributed by atoms with van der Waals surface area (Å²) in [7, 11) is 3.27. The number of ether oxygens (including phenoxy) is 2. The lowest BCUT2D eigenvalue weighted by Gasteiger charge is -2.39. The fraction of sp³-hybridized carbons (Fsp3) is 0.240. The van der Waals surface area contributed by atoms with E-state index in [1.54, 1.807) is 19.1 Å². The van der Waals surface area contributed by atoms with Crippen LogP contribution in [0.25, 0.3) is 0 Å². The van der Waals surface area contributed by atoms with Crippen molar-refractivity contribution in [3.8, 4) is 11.5 Å². The van der Waals surface area contributed by atoms with Crippen molar-refractivity contribution in [3.05, 3.63) is 83.9 Å². The van der Waals surface area contributed by atoms with E-state index in [0.717, 1.165) is 29.1 Å². The minimum Gasteiger partial charge on any atom is -0.493 e. The first-order valence-corrected chi connectivity index (χ1v) is 10.1. The second-order valence-electron chi connectivity index (χ2n) is 7.31. The number of para-hydroxylation sites is 2. The number of nitrogens with zero attached hydrogens (tertiary/aromatic N) is 2. The van der Waals surface area contributed by atoms with Crippen LogP contribution in [0.3, 0.4) is 0 Å². The lowest BCUT2D eigenvalue weighted by Crippen LogP contribution is -2.45. The maximum atomic E-state index is 13.8. The van der Waals surface area contributed by atoms with E-state index < -0.39 is 0 Å². The molecule has 0 aromatic heterocycles.